The van der Waals surface area contributed by atoms with Crippen LogP contribution in [0.3, 0.4) is 0 Å². The normalized spacial score (nSPS) is 11.0. The van der Waals surface area contributed by atoms with Gasteiger partial charge in [0.2, 0.25) is 0 Å². The molecule has 0 unspecified atom stereocenters. The molecule has 0 atom stereocenters. The first-order valence-electron chi connectivity index (χ1n) is 10.3. The van der Waals surface area contributed by atoms with Crippen LogP contribution in [-0.2, 0) is 24.2 Å². The molecule has 0 aromatic heterocycles. The highest BCUT2D eigenvalue weighted by atomic mass is 19.1. The molecule has 0 radical (unpaired) electrons. The van der Waals surface area contributed by atoms with E-state index >= 15 is 4.39 Å². The first-order valence-corrected chi connectivity index (χ1v) is 10.3. The average Bonchev–Trinajstić information content (AvgIpc) is 2.79. The van der Waals surface area contributed by atoms with E-state index in [9.17, 15) is 13.2 Å². The van der Waals surface area contributed by atoms with Gasteiger partial charge in [0.15, 0.2) is 0 Å². The Kier molecular flexibility index (Phi) is 6.43. The Morgan fingerprint density at radius 2 is 1.52 bits per heavy atom. The van der Waals surface area contributed by atoms with Gasteiger partial charge < -0.3 is 4.74 Å². The molecule has 4 aromatic carbocycles. The van der Waals surface area contributed by atoms with Crippen molar-refractivity contribution >= 4 is 10.8 Å². The van der Waals surface area contributed by atoms with Gasteiger partial charge in [0.25, 0.3) is 0 Å². The van der Waals surface area contributed by atoms with Gasteiger partial charge in [-0.25, -0.2) is 17.6 Å². The van der Waals surface area contributed by atoms with Gasteiger partial charge in [0.05, 0.1) is 6.61 Å². The summed E-state index contributed by atoms with van der Waals surface area (Å²) in [5, 5.41) is 9.77. The van der Waals surface area contributed by atoms with Crippen molar-refractivity contribution in [3.8, 4) is 17.2 Å². The molecular formula is C27H19F4NO. The lowest BCUT2D eigenvalue weighted by atomic mass is 9.96. The van der Waals surface area contributed by atoms with Crippen molar-refractivity contribution in [3.63, 3.8) is 0 Å². The smallest absolute Gasteiger partial charge is 0.144 e. The summed E-state index contributed by atoms with van der Waals surface area (Å²) in [7, 11) is 1.54. The first-order chi connectivity index (χ1) is 15.9. The first kappa shape index (κ1) is 22.5. The lowest BCUT2D eigenvalue weighted by molar-refractivity contribution is 0.184. The molecule has 0 saturated heterocycles. The zero-order chi connectivity index (χ0) is 23.5. The Morgan fingerprint density at radius 3 is 2.18 bits per heavy atom. The number of halogens is 4. The number of ether oxygens (including phenoxy) is 1. The van der Waals surface area contributed by atoms with E-state index in [1.807, 2.05) is 0 Å². The van der Waals surface area contributed by atoms with Gasteiger partial charge >= 0.3 is 0 Å². The Balaban J connectivity index is 1.59. The van der Waals surface area contributed by atoms with E-state index in [2.05, 4.69) is 0 Å². The summed E-state index contributed by atoms with van der Waals surface area (Å²) in [6.45, 7) is 0.310. The lowest BCUT2D eigenvalue weighted by Gasteiger charge is -2.10. The number of fused-ring (bicyclic) bond motifs is 1. The molecule has 0 heterocycles. The standard InChI is InChI=1S/C27H19F4NO/c1-33-15-17-3-8-21(24(28)12-17)19-7-9-22-20(13-19)6-5-18(27(22)31)4-2-16-10-25(29)23(14-32)26(30)11-16/h3,5-13H,2,4,15H2,1H3. The second-order valence-electron chi connectivity index (χ2n) is 7.77. The summed E-state index contributed by atoms with van der Waals surface area (Å²) in [5.41, 5.74) is 1.86. The van der Waals surface area contributed by atoms with E-state index in [-0.39, 0.29) is 18.7 Å². The third-order valence-electron chi connectivity index (χ3n) is 5.59. The van der Waals surface area contributed by atoms with Crippen molar-refractivity contribution in [2.45, 2.75) is 19.4 Å². The van der Waals surface area contributed by atoms with Crippen LogP contribution >= 0.6 is 0 Å². The highest BCUT2D eigenvalue weighted by molar-refractivity contribution is 5.88. The molecular weight excluding hydrogens is 430 g/mol. The third kappa shape index (κ3) is 4.59. The topological polar surface area (TPSA) is 33.0 Å². The fourth-order valence-corrected chi connectivity index (χ4v) is 3.90. The van der Waals surface area contributed by atoms with Crippen LogP contribution in [0.4, 0.5) is 17.6 Å². The highest BCUT2D eigenvalue weighted by Gasteiger charge is 2.14. The van der Waals surface area contributed by atoms with Gasteiger partial charge in [0, 0.05) is 18.1 Å². The molecule has 0 fully saturated rings. The Morgan fingerprint density at radius 1 is 0.788 bits per heavy atom. The van der Waals surface area contributed by atoms with E-state index in [0.29, 0.717) is 39.6 Å². The van der Waals surface area contributed by atoms with E-state index in [4.69, 9.17) is 10.00 Å². The van der Waals surface area contributed by atoms with E-state index in [1.165, 1.54) is 12.1 Å². The predicted molar refractivity (Wildman–Crippen MR) is 118 cm³/mol. The molecule has 4 aromatic rings. The SMILES string of the molecule is COCc1ccc(-c2ccc3c(F)c(CCc4cc(F)c(C#N)c(F)c4)ccc3c2)c(F)c1. The van der Waals surface area contributed by atoms with Crippen molar-refractivity contribution in [2.24, 2.45) is 0 Å². The minimum Gasteiger partial charge on any atom is -0.380 e. The summed E-state index contributed by atoms with van der Waals surface area (Å²) < 4.78 is 62.4. The van der Waals surface area contributed by atoms with Gasteiger partial charge in [-0.05, 0) is 64.7 Å². The van der Waals surface area contributed by atoms with Crippen molar-refractivity contribution in [2.75, 3.05) is 7.11 Å². The van der Waals surface area contributed by atoms with E-state index < -0.39 is 23.0 Å². The second kappa shape index (κ2) is 9.43. The van der Waals surface area contributed by atoms with E-state index in [1.54, 1.807) is 49.6 Å². The van der Waals surface area contributed by atoms with E-state index in [0.717, 1.165) is 17.7 Å². The Labute approximate surface area is 188 Å². The number of rotatable bonds is 6. The van der Waals surface area contributed by atoms with Crippen LogP contribution in [0, 0.1) is 34.6 Å². The molecule has 0 saturated carbocycles. The lowest BCUT2D eigenvalue weighted by Crippen LogP contribution is -1.99. The van der Waals surface area contributed by atoms with Gasteiger partial charge in [-0.15, -0.1) is 0 Å². The van der Waals surface area contributed by atoms with Crippen molar-refractivity contribution in [1.29, 1.82) is 5.26 Å². The summed E-state index contributed by atoms with van der Waals surface area (Å²) in [6, 6.07) is 16.9. The summed E-state index contributed by atoms with van der Waals surface area (Å²) in [6.07, 6.45) is 0.434. The fourth-order valence-electron chi connectivity index (χ4n) is 3.90. The Bertz CT molecular complexity index is 1370. The quantitative estimate of drug-likeness (QED) is 0.301. The highest BCUT2D eigenvalue weighted by Crippen LogP contribution is 2.30. The maximum Gasteiger partial charge on any atom is 0.144 e. The maximum atomic E-state index is 15.1. The molecule has 4 rings (SSSR count). The largest absolute Gasteiger partial charge is 0.380 e. The van der Waals surface area contributed by atoms with Crippen molar-refractivity contribution in [3.05, 3.63) is 106 Å². The van der Waals surface area contributed by atoms with Crippen LogP contribution in [0.5, 0.6) is 0 Å². The molecule has 2 nitrogen and oxygen atoms in total. The molecule has 0 bridgehead atoms. The van der Waals surface area contributed by atoms with Gasteiger partial charge in [-0.3, -0.25) is 0 Å². The summed E-state index contributed by atoms with van der Waals surface area (Å²) in [5.74, 6) is -2.67. The summed E-state index contributed by atoms with van der Waals surface area (Å²) >= 11 is 0. The molecule has 33 heavy (non-hydrogen) atoms. The molecule has 0 aliphatic rings. The summed E-state index contributed by atoms with van der Waals surface area (Å²) in [4.78, 5) is 0. The molecule has 6 heteroatoms. The zero-order valence-electron chi connectivity index (χ0n) is 17.8. The number of benzene rings is 4. The van der Waals surface area contributed by atoms with Crippen LogP contribution in [0.25, 0.3) is 21.9 Å². The predicted octanol–water partition coefficient (Wildman–Crippen LogP) is 6.87. The minimum absolute atomic E-state index is 0.207. The Hall–Kier alpha value is -3.69. The zero-order valence-corrected chi connectivity index (χ0v) is 17.8. The van der Waals surface area contributed by atoms with Gasteiger partial charge in [0.1, 0.15) is 34.9 Å². The van der Waals surface area contributed by atoms with Gasteiger partial charge in [-0.2, -0.15) is 5.26 Å². The fraction of sp³-hybridized carbons (Fsp3) is 0.148. The molecule has 0 amide bonds. The number of hydrogen-bond donors (Lipinski definition) is 0. The van der Waals surface area contributed by atoms with Crippen molar-refractivity contribution in [1.82, 2.24) is 0 Å². The maximum absolute atomic E-state index is 15.1. The number of aryl methyl sites for hydroxylation is 2. The minimum atomic E-state index is -0.929. The molecule has 0 N–H and O–H groups in total. The molecule has 0 aliphatic carbocycles. The van der Waals surface area contributed by atoms with Crippen LogP contribution in [0.1, 0.15) is 22.3 Å². The monoisotopic (exact) mass is 449 g/mol. The van der Waals surface area contributed by atoms with Gasteiger partial charge in [-0.1, -0.05) is 36.4 Å². The molecule has 0 aliphatic heterocycles. The van der Waals surface area contributed by atoms with Crippen molar-refractivity contribution < 1.29 is 22.3 Å². The van der Waals surface area contributed by atoms with Crippen LogP contribution in [0.15, 0.2) is 60.7 Å². The van der Waals surface area contributed by atoms with Crippen LogP contribution in [0.2, 0.25) is 0 Å². The number of hydrogen-bond acceptors (Lipinski definition) is 2. The molecule has 0 spiro atoms. The number of nitrogens with zero attached hydrogens (tertiary/aromatic N) is 1. The van der Waals surface area contributed by atoms with Crippen LogP contribution in [-0.4, -0.2) is 7.11 Å². The average molecular weight is 449 g/mol. The van der Waals surface area contributed by atoms with Crippen LogP contribution < -0.4 is 0 Å². The number of nitriles is 1. The third-order valence-corrected chi connectivity index (χ3v) is 5.59. The molecule has 166 valence electrons. The second-order valence-corrected chi connectivity index (χ2v) is 7.77. The number of methoxy groups -OCH3 is 1.